The molecule has 3 rings (SSSR count). The fourth-order valence-corrected chi connectivity index (χ4v) is 3.36. The van der Waals surface area contributed by atoms with Gasteiger partial charge >= 0.3 is 0 Å². The molecule has 1 aliphatic heterocycles. The smallest absolute Gasteiger partial charge is 0.254 e. The quantitative estimate of drug-likeness (QED) is 0.704. The van der Waals surface area contributed by atoms with Crippen molar-refractivity contribution in [3.63, 3.8) is 0 Å². The van der Waals surface area contributed by atoms with Crippen LogP contribution in [0.3, 0.4) is 0 Å². The highest BCUT2D eigenvalue weighted by atomic mass is 35.5. The van der Waals surface area contributed by atoms with Crippen molar-refractivity contribution in [2.75, 3.05) is 40.4 Å². The first-order valence-electron chi connectivity index (χ1n) is 9.25. The second-order valence-corrected chi connectivity index (χ2v) is 7.01. The summed E-state index contributed by atoms with van der Waals surface area (Å²) < 4.78 is 10.5. The van der Waals surface area contributed by atoms with E-state index in [1.54, 1.807) is 53.3 Å². The number of halogens is 1. The van der Waals surface area contributed by atoms with Gasteiger partial charge in [0.15, 0.2) is 11.5 Å². The Kier molecular flexibility index (Phi) is 6.77. The second-order valence-electron chi connectivity index (χ2n) is 6.58. The Morgan fingerprint density at radius 3 is 2.28 bits per heavy atom. The highest BCUT2D eigenvalue weighted by Gasteiger charge is 2.24. The molecule has 1 fully saturated rings. The number of benzene rings is 2. The Bertz CT molecular complexity index is 921. The van der Waals surface area contributed by atoms with Crippen LogP contribution < -0.4 is 9.47 Å². The lowest BCUT2D eigenvalue weighted by atomic mass is 10.1. The number of piperazine rings is 1. The van der Waals surface area contributed by atoms with E-state index in [4.69, 9.17) is 21.1 Å². The Hall–Kier alpha value is -2.99. The Morgan fingerprint density at radius 2 is 1.62 bits per heavy atom. The van der Waals surface area contributed by atoms with Gasteiger partial charge in [-0.25, -0.2) is 0 Å². The van der Waals surface area contributed by atoms with Gasteiger partial charge in [0.25, 0.3) is 5.91 Å². The average Bonchev–Trinajstić information content (AvgIpc) is 2.76. The largest absolute Gasteiger partial charge is 0.493 e. The molecule has 1 heterocycles. The van der Waals surface area contributed by atoms with Gasteiger partial charge in [-0.3, -0.25) is 9.59 Å². The van der Waals surface area contributed by atoms with Crippen molar-refractivity contribution in [2.45, 2.75) is 0 Å². The molecule has 0 bridgehead atoms. The van der Waals surface area contributed by atoms with Crippen LogP contribution in [0, 0.1) is 0 Å². The van der Waals surface area contributed by atoms with Gasteiger partial charge in [0, 0.05) is 42.8 Å². The number of carbonyl (C=O) groups is 2. The third kappa shape index (κ3) is 5.09. The molecule has 0 aromatic heterocycles. The Balaban J connectivity index is 1.58. The number of hydrogen-bond donors (Lipinski definition) is 0. The van der Waals surface area contributed by atoms with Crippen LogP contribution in [0.2, 0.25) is 5.02 Å². The van der Waals surface area contributed by atoms with Crippen LogP contribution >= 0.6 is 11.6 Å². The number of carbonyl (C=O) groups excluding carboxylic acids is 2. The van der Waals surface area contributed by atoms with E-state index in [1.807, 2.05) is 12.1 Å². The molecule has 29 heavy (non-hydrogen) atoms. The fourth-order valence-electron chi connectivity index (χ4n) is 3.16. The van der Waals surface area contributed by atoms with Crippen LogP contribution in [0.1, 0.15) is 15.9 Å². The van der Waals surface area contributed by atoms with Crippen LogP contribution in [-0.4, -0.2) is 62.0 Å². The van der Waals surface area contributed by atoms with Gasteiger partial charge in [0.2, 0.25) is 5.91 Å². The van der Waals surface area contributed by atoms with Gasteiger partial charge < -0.3 is 19.3 Å². The molecule has 0 radical (unpaired) electrons. The molecule has 0 unspecified atom stereocenters. The summed E-state index contributed by atoms with van der Waals surface area (Å²) in [6.45, 7) is 1.92. The van der Waals surface area contributed by atoms with Gasteiger partial charge in [0.05, 0.1) is 14.2 Å². The maximum absolute atomic E-state index is 12.8. The Morgan fingerprint density at radius 1 is 0.931 bits per heavy atom. The molecule has 0 aliphatic carbocycles. The van der Waals surface area contributed by atoms with Gasteiger partial charge in [-0.1, -0.05) is 23.7 Å². The molecule has 2 aromatic carbocycles. The molecule has 0 saturated carbocycles. The molecule has 0 N–H and O–H groups in total. The van der Waals surface area contributed by atoms with E-state index in [0.29, 0.717) is 48.3 Å². The summed E-state index contributed by atoms with van der Waals surface area (Å²) in [5, 5.41) is 0.627. The number of hydrogen-bond acceptors (Lipinski definition) is 4. The molecule has 6 nitrogen and oxygen atoms in total. The first-order valence-corrected chi connectivity index (χ1v) is 9.63. The molecule has 1 aliphatic rings. The highest BCUT2D eigenvalue weighted by molar-refractivity contribution is 6.30. The maximum atomic E-state index is 12.8. The minimum atomic E-state index is -0.0903. The van der Waals surface area contributed by atoms with E-state index >= 15 is 0 Å². The third-order valence-corrected chi connectivity index (χ3v) is 5.01. The zero-order valence-corrected chi connectivity index (χ0v) is 17.2. The molecule has 1 saturated heterocycles. The number of methoxy groups -OCH3 is 2. The van der Waals surface area contributed by atoms with Crippen molar-refractivity contribution in [3.8, 4) is 11.5 Å². The summed E-state index contributed by atoms with van der Waals surface area (Å²) in [6, 6.07) is 12.4. The maximum Gasteiger partial charge on any atom is 0.254 e. The summed E-state index contributed by atoms with van der Waals surface area (Å²) in [4.78, 5) is 28.7. The van der Waals surface area contributed by atoms with Crippen LogP contribution in [0.25, 0.3) is 6.08 Å². The second kappa shape index (κ2) is 9.47. The summed E-state index contributed by atoms with van der Waals surface area (Å²) in [6.07, 6.45) is 3.28. The van der Waals surface area contributed by atoms with Gasteiger partial charge in [0.1, 0.15) is 0 Å². The lowest BCUT2D eigenvalue weighted by molar-refractivity contribution is -0.127. The van der Waals surface area contributed by atoms with Gasteiger partial charge in [-0.2, -0.15) is 0 Å². The summed E-state index contributed by atoms with van der Waals surface area (Å²) in [7, 11) is 3.09. The van der Waals surface area contributed by atoms with Crippen LogP contribution in [0.15, 0.2) is 48.5 Å². The van der Waals surface area contributed by atoms with E-state index in [9.17, 15) is 9.59 Å². The van der Waals surface area contributed by atoms with Crippen molar-refractivity contribution in [3.05, 3.63) is 64.7 Å². The summed E-state index contributed by atoms with van der Waals surface area (Å²) in [5.74, 6) is 0.917. The van der Waals surface area contributed by atoms with E-state index in [1.165, 1.54) is 13.2 Å². The van der Waals surface area contributed by atoms with Crippen molar-refractivity contribution in [2.24, 2.45) is 0 Å². The van der Waals surface area contributed by atoms with Gasteiger partial charge in [-0.15, -0.1) is 0 Å². The van der Waals surface area contributed by atoms with Crippen molar-refractivity contribution >= 4 is 29.5 Å². The van der Waals surface area contributed by atoms with E-state index in [-0.39, 0.29) is 11.8 Å². The topological polar surface area (TPSA) is 59.1 Å². The molecule has 0 spiro atoms. The first-order chi connectivity index (χ1) is 14.0. The average molecular weight is 415 g/mol. The minimum Gasteiger partial charge on any atom is -0.493 e. The molecule has 7 heteroatoms. The number of rotatable bonds is 5. The van der Waals surface area contributed by atoms with Crippen molar-refractivity contribution in [1.29, 1.82) is 0 Å². The lowest BCUT2D eigenvalue weighted by Gasteiger charge is -2.34. The van der Waals surface area contributed by atoms with Crippen LogP contribution in [0.5, 0.6) is 11.5 Å². The first kappa shape index (κ1) is 20.7. The third-order valence-electron chi connectivity index (χ3n) is 4.78. The van der Waals surface area contributed by atoms with Crippen LogP contribution in [-0.2, 0) is 4.79 Å². The van der Waals surface area contributed by atoms with E-state index < -0.39 is 0 Å². The molecule has 2 amide bonds. The molecule has 152 valence electrons. The monoisotopic (exact) mass is 414 g/mol. The number of nitrogens with zero attached hydrogens (tertiary/aromatic N) is 2. The Labute approximate surface area is 175 Å². The summed E-state index contributed by atoms with van der Waals surface area (Å²) >= 11 is 5.96. The van der Waals surface area contributed by atoms with Crippen molar-refractivity contribution < 1.29 is 19.1 Å². The predicted octanol–water partition coefficient (Wildman–Crippen LogP) is 3.36. The highest BCUT2D eigenvalue weighted by Crippen LogP contribution is 2.28. The number of ether oxygens (including phenoxy) is 2. The van der Waals surface area contributed by atoms with Crippen LogP contribution in [0.4, 0.5) is 0 Å². The number of amides is 2. The predicted molar refractivity (Wildman–Crippen MR) is 113 cm³/mol. The summed E-state index contributed by atoms with van der Waals surface area (Å²) in [5.41, 5.74) is 1.40. The normalized spacial score (nSPS) is 14.2. The molecule has 0 atom stereocenters. The SMILES string of the molecule is COc1ccc(C(=O)N2CCN(C(=O)/C=C/c3cccc(Cl)c3)CC2)cc1OC. The lowest BCUT2D eigenvalue weighted by Crippen LogP contribution is -2.50. The zero-order chi connectivity index (χ0) is 20.8. The molecular formula is C22H23ClN2O4. The fraction of sp³-hybridized carbons (Fsp3) is 0.273. The molecular weight excluding hydrogens is 392 g/mol. The van der Waals surface area contributed by atoms with Gasteiger partial charge in [-0.05, 0) is 42.0 Å². The van der Waals surface area contributed by atoms with Crippen molar-refractivity contribution in [1.82, 2.24) is 9.80 Å². The minimum absolute atomic E-state index is 0.0804. The van der Waals surface area contributed by atoms with E-state index in [2.05, 4.69) is 0 Å². The van der Waals surface area contributed by atoms with E-state index in [0.717, 1.165) is 5.56 Å². The molecule has 2 aromatic rings. The standard InChI is InChI=1S/C22H23ClN2O4/c1-28-19-8-7-17(15-20(19)29-2)22(27)25-12-10-24(11-13-25)21(26)9-6-16-4-3-5-18(23)14-16/h3-9,14-15H,10-13H2,1-2H3/b9-6+. The zero-order valence-electron chi connectivity index (χ0n) is 16.4.